The molecular formula is C29H28N4O3S. The van der Waals surface area contributed by atoms with Crippen LogP contribution in [-0.4, -0.2) is 17.6 Å². The van der Waals surface area contributed by atoms with Gasteiger partial charge in [-0.05, 0) is 49.6 Å². The van der Waals surface area contributed by atoms with Crippen molar-refractivity contribution in [3.63, 3.8) is 0 Å². The third-order valence-corrected chi connectivity index (χ3v) is 7.14. The average molecular weight is 513 g/mol. The Kier molecular flexibility index (Phi) is 8.16. The number of amides is 2. The number of nitrogens with zero attached hydrogens (tertiary/aromatic N) is 1. The fourth-order valence-corrected chi connectivity index (χ4v) is 5.17. The monoisotopic (exact) mass is 512 g/mol. The number of hydrogen-bond donors (Lipinski definition) is 3. The zero-order valence-electron chi connectivity index (χ0n) is 20.9. The van der Waals surface area contributed by atoms with E-state index >= 15 is 0 Å². The Morgan fingerprint density at radius 3 is 2.41 bits per heavy atom. The van der Waals surface area contributed by atoms with Crippen LogP contribution >= 0.6 is 11.8 Å². The lowest BCUT2D eigenvalue weighted by atomic mass is 9.85. The van der Waals surface area contributed by atoms with Crippen LogP contribution in [0.25, 0.3) is 0 Å². The van der Waals surface area contributed by atoms with Crippen LogP contribution in [0.1, 0.15) is 35.3 Å². The number of carbonyl (C=O) groups excluding carboxylic acids is 2. The Balaban J connectivity index is 1.56. The topological polar surface area (TPSA) is 107 Å². The number of furan rings is 1. The standard InChI is InChI=1S/C29H28N4O3S/c1-18-9-7-10-19(2)27(18)33-28(35)25-20(3)32-29(22(15-30)26(25)23-13-8-14-36-23)37-17-24(34)31-16-21-11-5-4-6-12-21/h4-14,26,32H,16-17H2,1-3H3,(H,31,34)(H,33,35)/t26-/m1/s1. The van der Waals surface area contributed by atoms with Crippen molar-refractivity contribution in [3.05, 3.63) is 111 Å². The van der Waals surface area contributed by atoms with E-state index in [1.807, 2.05) is 62.4 Å². The van der Waals surface area contributed by atoms with Crippen LogP contribution in [0.2, 0.25) is 0 Å². The van der Waals surface area contributed by atoms with E-state index in [-0.39, 0.29) is 17.6 Å². The smallest absolute Gasteiger partial charge is 0.254 e. The highest BCUT2D eigenvalue weighted by molar-refractivity contribution is 8.03. The maximum Gasteiger partial charge on any atom is 0.254 e. The molecule has 0 saturated heterocycles. The molecule has 3 aromatic rings. The number of aryl methyl sites for hydroxylation is 2. The van der Waals surface area contributed by atoms with E-state index in [0.29, 0.717) is 34.2 Å². The molecule has 7 nitrogen and oxygen atoms in total. The SMILES string of the molecule is CC1=C(C(=O)Nc2c(C)cccc2C)[C@@H](c2ccco2)C(C#N)=C(SCC(=O)NCc2ccccc2)N1. The highest BCUT2D eigenvalue weighted by Gasteiger charge is 2.36. The molecule has 0 spiro atoms. The molecule has 2 heterocycles. The molecule has 4 rings (SSSR count). The number of nitriles is 1. The number of nitrogens with one attached hydrogen (secondary N) is 3. The predicted molar refractivity (Wildman–Crippen MR) is 145 cm³/mol. The molecule has 3 N–H and O–H groups in total. The number of benzene rings is 2. The van der Waals surface area contributed by atoms with E-state index in [1.54, 1.807) is 19.1 Å². The first-order valence-electron chi connectivity index (χ1n) is 11.9. The van der Waals surface area contributed by atoms with Crippen LogP contribution < -0.4 is 16.0 Å². The third-order valence-electron chi connectivity index (χ3n) is 6.12. The number of dihydropyridines is 1. The number of hydrogen-bond acceptors (Lipinski definition) is 6. The first-order valence-corrected chi connectivity index (χ1v) is 12.8. The second-order valence-corrected chi connectivity index (χ2v) is 9.72. The maximum atomic E-state index is 13.6. The van der Waals surface area contributed by atoms with E-state index in [9.17, 15) is 14.9 Å². The summed E-state index contributed by atoms with van der Waals surface area (Å²) < 4.78 is 5.68. The number of carbonyl (C=O) groups is 2. The van der Waals surface area contributed by atoms with E-state index in [2.05, 4.69) is 22.0 Å². The van der Waals surface area contributed by atoms with Crippen molar-refractivity contribution in [1.29, 1.82) is 5.26 Å². The normalized spacial score (nSPS) is 15.1. The molecule has 0 aliphatic carbocycles. The predicted octanol–water partition coefficient (Wildman–Crippen LogP) is 5.28. The second kappa shape index (κ2) is 11.7. The van der Waals surface area contributed by atoms with Crippen LogP contribution in [0.4, 0.5) is 5.69 Å². The first-order chi connectivity index (χ1) is 17.9. The molecule has 1 atom stereocenters. The molecule has 2 aromatic carbocycles. The molecule has 1 aliphatic heterocycles. The lowest BCUT2D eigenvalue weighted by Crippen LogP contribution is -2.31. The van der Waals surface area contributed by atoms with Gasteiger partial charge in [-0.3, -0.25) is 9.59 Å². The van der Waals surface area contributed by atoms with Gasteiger partial charge in [-0.1, -0.05) is 60.3 Å². The van der Waals surface area contributed by atoms with Crippen molar-refractivity contribution >= 4 is 29.3 Å². The fourth-order valence-electron chi connectivity index (χ4n) is 4.25. The van der Waals surface area contributed by atoms with Crippen molar-refractivity contribution in [2.24, 2.45) is 0 Å². The largest absolute Gasteiger partial charge is 0.468 e. The molecule has 0 radical (unpaired) electrons. The average Bonchev–Trinajstić information content (AvgIpc) is 3.43. The number of thioether (sulfide) groups is 1. The van der Waals surface area contributed by atoms with Gasteiger partial charge in [0.15, 0.2) is 0 Å². The highest BCUT2D eigenvalue weighted by atomic mass is 32.2. The minimum absolute atomic E-state index is 0.114. The molecule has 188 valence electrons. The molecule has 0 saturated carbocycles. The Labute approximate surface area is 220 Å². The van der Waals surface area contributed by atoms with Crippen molar-refractivity contribution < 1.29 is 14.0 Å². The molecule has 8 heteroatoms. The lowest BCUT2D eigenvalue weighted by Gasteiger charge is -2.28. The number of para-hydroxylation sites is 1. The van der Waals surface area contributed by atoms with Crippen LogP contribution in [0.15, 0.2) is 93.2 Å². The van der Waals surface area contributed by atoms with Crippen molar-refractivity contribution in [3.8, 4) is 6.07 Å². The number of allylic oxidation sites excluding steroid dienone is 2. The van der Waals surface area contributed by atoms with Gasteiger partial charge >= 0.3 is 0 Å². The van der Waals surface area contributed by atoms with E-state index < -0.39 is 5.92 Å². The van der Waals surface area contributed by atoms with Gasteiger partial charge in [0.25, 0.3) is 5.91 Å². The quantitative estimate of drug-likeness (QED) is 0.379. The minimum atomic E-state index is -0.708. The highest BCUT2D eigenvalue weighted by Crippen LogP contribution is 2.41. The fraction of sp³-hybridized carbons (Fsp3) is 0.207. The van der Waals surface area contributed by atoms with Crippen molar-refractivity contribution in [2.45, 2.75) is 33.2 Å². The maximum absolute atomic E-state index is 13.6. The lowest BCUT2D eigenvalue weighted by molar-refractivity contribution is -0.118. The van der Waals surface area contributed by atoms with Crippen LogP contribution in [-0.2, 0) is 16.1 Å². The molecular weight excluding hydrogens is 484 g/mol. The Morgan fingerprint density at radius 1 is 1.03 bits per heavy atom. The van der Waals surface area contributed by atoms with Gasteiger partial charge in [-0.25, -0.2) is 0 Å². The third kappa shape index (κ3) is 5.96. The summed E-state index contributed by atoms with van der Waals surface area (Å²) in [6, 6.07) is 21.2. The zero-order chi connectivity index (χ0) is 26.4. The summed E-state index contributed by atoms with van der Waals surface area (Å²) in [5.41, 5.74) is 4.95. The van der Waals surface area contributed by atoms with E-state index in [1.165, 1.54) is 18.0 Å². The van der Waals surface area contributed by atoms with Gasteiger partial charge in [0.1, 0.15) is 5.76 Å². The Morgan fingerprint density at radius 2 is 1.76 bits per heavy atom. The van der Waals surface area contributed by atoms with Crippen LogP contribution in [0.5, 0.6) is 0 Å². The van der Waals surface area contributed by atoms with Crippen LogP contribution in [0.3, 0.4) is 0 Å². The minimum Gasteiger partial charge on any atom is -0.468 e. The van der Waals surface area contributed by atoms with Gasteiger partial charge in [-0.15, -0.1) is 0 Å². The number of anilines is 1. The zero-order valence-corrected chi connectivity index (χ0v) is 21.7. The van der Waals surface area contributed by atoms with Gasteiger partial charge in [0, 0.05) is 17.9 Å². The van der Waals surface area contributed by atoms with E-state index in [4.69, 9.17) is 4.42 Å². The summed E-state index contributed by atoms with van der Waals surface area (Å²) in [5, 5.41) is 19.8. The van der Waals surface area contributed by atoms with E-state index in [0.717, 1.165) is 22.4 Å². The van der Waals surface area contributed by atoms with Gasteiger partial charge in [-0.2, -0.15) is 5.26 Å². The molecule has 0 bridgehead atoms. The van der Waals surface area contributed by atoms with Gasteiger partial charge in [0.05, 0.1) is 40.2 Å². The molecule has 1 aliphatic rings. The van der Waals surface area contributed by atoms with Crippen molar-refractivity contribution in [1.82, 2.24) is 10.6 Å². The Hall–Kier alpha value is -4.22. The van der Waals surface area contributed by atoms with Crippen LogP contribution in [0, 0.1) is 25.2 Å². The summed E-state index contributed by atoms with van der Waals surface area (Å²) in [6.07, 6.45) is 1.52. The summed E-state index contributed by atoms with van der Waals surface area (Å²) in [7, 11) is 0. The summed E-state index contributed by atoms with van der Waals surface area (Å²) in [6.45, 7) is 6.09. The Bertz CT molecular complexity index is 1380. The molecule has 0 unspecified atom stereocenters. The van der Waals surface area contributed by atoms with Crippen molar-refractivity contribution in [2.75, 3.05) is 11.1 Å². The van der Waals surface area contributed by atoms with Gasteiger partial charge < -0.3 is 20.4 Å². The molecule has 37 heavy (non-hydrogen) atoms. The van der Waals surface area contributed by atoms with Gasteiger partial charge in [0.2, 0.25) is 5.91 Å². The summed E-state index contributed by atoms with van der Waals surface area (Å²) in [4.78, 5) is 26.1. The second-order valence-electron chi connectivity index (χ2n) is 8.74. The first kappa shape index (κ1) is 25.9. The molecule has 2 amide bonds. The number of rotatable bonds is 8. The summed E-state index contributed by atoms with van der Waals surface area (Å²) in [5.74, 6) is -0.588. The summed E-state index contributed by atoms with van der Waals surface area (Å²) >= 11 is 1.23. The molecule has 1 aromatic heterocycles. The molecule has 0 fully saturated rings.